The lowest BCUT2D eigenvalue weighted by molar-refractivity contribution is -0.254. The molecule has 1 N–H and O–H groups in total. The fourth-order valence-corrected chi connectivity index (χ4v) is 3.15. The molecule has 0 aromatic heterocycles. The molecule has 0 bridgehead atoms. The number of aromatic carboxylic acids is 1. The van der Waals surface area contributed by atoms with Crippen LogP contribution in [-0.2, 0) is 0 Å². The number of carboxylic acid groups (broad SMARTS) is 1. The van der Waals surface area contributed by atoms with Gasteiger partial charge in [0.05, 0.1) is 22.8 Å². The summed E-state index contributed by atoms with van der Waals surface area (Å²) in [6, 6.07) is 8.81. The van der Waals surface area contributed by atoms with Crippen molar-refractivity contribution in [2.45, 2.75) is 20.8 Å². The number of carboxylic acids is 1. The Kier molecular flexibility index (Phi) is 5.00. The van der Waals surface area contributed by atoms with Crippen molar-refractivity contribution < 1.29 is 24.3 Å². The van der Waals surface area contributed by atoms with E-state index < -0.39 is 17.8 Å². The third kappa shape index (κ3) is 3.38. The molecule has 1 aliphatic heterocycles. The zero-order valence-corrected chi connectivity index (χ0v) is 15.7. The predicted octanol–water partition coefficient (Wildman–Crippen LogP) is 1.86. The number of hydrogen-bond donors (Lipinski definition) is 1. The molecule has 3 amide bonds. The van der Waals surface area contributed by atoms with Gasteiger partial charge in [-0.3, -0.25) is 19.3 Å². The van der Waals surface area contributed by atoms with Crippen molar-refractivity contribution in [2.75, 3.05) is 11.9 Å². The van der Waals surface area contributed by atoms with Gasteiger partial charge in [-0.25, -0.2) is 0 Å². The van der Waals surface area contributed by atoms with Crippen LogP contribution in [0.4, 0.5) is 5.69 Å². The van der Waals surface area contributed by atoms with E-state index in [4.69, 9.17) is 0 Å². The van der Waals surface area contributed by atoms with Gasteiger partial charge in [-0.2, -0.15) is 0 Å². The summed E-state index contributed by atoms with van der Waals surface area (Å²) in [6.45, 7) is 5.77. The number of aryl methyl sites for hydroxylation is 1. The van der Waals surface area contributed by atoms with Gasteiger partial charge < -0.3 is 15.2 Å². The number of amides is 3. The molecule has 0 unspecified atom stereocenters. The van der Waals surface area contributed by atoms with Gasteiger partial charge >= 0.3 is 0 Å². The number of rotatable bonds is 5. The average Bonchev–Trinajstić information content (AvgIpc) is 2.87. The largest absolute Gasteiger partial charge is 0.545 e. The number of carbonyl (C=O) groups is 4. The van der Waals surface area contributed by atoms with E-state index in [1.54, 1.807) is 19.1 Å². The van der Waals surface area contributed by atoms with Crippen molar-refractivity contribution in [3.05, 3.63) is 64.2 Å². The minimum Gasteiger partial charge on any atom is -0.545 e. The van der Waals surface area contributed by atoms with Crippen LogP contribution in [-0.4, -0.2) is 35.1 Å². The fourth-order valence-electron chi connectivity index (χ4n) is 3.15. The summed E-state index contributed by atoms with van der Waals surface area (Å²) < 4.78 is 0. The summed E-state index contributed by atoms with van der Waals surface area (Å²) in [7, 11) is 0. The minimum absolute atomic E-state index is 0.120. The van der Waals surface area contributed by atoms with Gasteiger partial charge in [0, 0.05) is 17.7 Å². The molecule has 0 atom stereocenters. The van der Waals surface area contributed by atoms with Crippen molar-refractivity contribution in [1.82, 2.24) is 4.90 Å². The molecule has 0 saturated heterocycles. The quantitative estimate of drug-likeness (QED) is 0.798. The van der Waals surface area contributed by atoms with Crippen LogP contribution in [0, 0.1) is 12.8 Å². The van der Waals surface area contributed by atoms with Crippen molar-refractivity contribution in [3.8, 4) is 0 Å². The van der Waals surface area contributed by atoms with E-state index in [2.05, 4.69) is 5.32 Å². The van der Waals surface area contributed by atoms with Gasteiger partial charge in [0.2, 0.25) is 0 Å². The van der Waals surface area contributed by atoms with Gasteiger partial charge in [-0.1, -0.05) is 32.0 Å². The van der Waals surface area contributed by atoms with Crippen LogP contribution >= 0.6 is 0 Å². The molecule has 1 aliphatic rings. The van der Waals surface area contributed by atoms with Gasteiger partial charge in [-0.15, -0.1) is 0 Å². The Labute approximate surface area is 162 Å². The Morgan fingerprint density at radius 2 is 1.75 bits per heavy atom. The van der Waals surface area contributed by atoms with Gasteiger partial charge in [0.25, 0.3) is 17.7 Å². The van der Waals surface area contributed by atoms with Crippen molar-refractivity contribution >= 4 is 29.4 Å². The second-order valence-corrected chi connectivity index (χ2v) is 7.11. The van der Waals surface area contributed by atoms with Gasteiger partial charge in [0.15, 0.2) is 0 Å². The molecule has 3 rings (SSSR count). The molecule has 0 spiro atoms. The van der Waals surface area contributed by atoms with Crippen LogP contribution in [0.3, 0.4) is 0 Å². The minimum atomic E-state index is -1.40. The number of para-hydroxylation sites is 1. The summed E-state index contributed by atoms with van der Waals surface area (Å²) in [5.41, 5.74) is 1.14. The van der Waals surface area contributed by atoms with Crippen LogP contribution in [0.15, 0.2) is 36.4 Å². The number of benzene rings is 2. The SMILES string of the molecule is Cc1cccc(C(=O)[O-])c1NC(=O)c1ccc2c(c1)C(=O)N(CC(C)C)C2=O. The maximum absolute atomic E-state index is 12.7. The number of nitrogens with one attached hydrogen (secondary N) is 1. The third-order valence-corrected chi connectivity index (χ3v) is 4.51. The van der Waals surface area contributed by atoms with Gasteiger partial charge in [-0.05, 0) is 36.6 Å². The van der Waals surface area contributed by atoms with Crippen molar-refractivity contribution in [3.63, 3.8) is 0 Å². The zero-order chi connectivity index (χ0) is 20.6. The van der Waals surface area contributed by atoms with Crippen LogP contribution in [0.25, 0.3) is 0 Å². The maximum Gasteiger partial charge on any atom is 0.261 e. The standard InChI is InChI=1S/C21H20N2O5/c1-11(2)10-23-19(25)14-8-7-13(9-16(14)20(23)26)18(24)22-17-12(3)5-4-6-15(17)21(27)28/h4-9,11H,10H2,1-3H3,(H,22,24)(H,27,28)/p-1. The van der Waals surface area contributed by atoms with E-state index >= 15 is 0 Å². The normalized spacial score (nSPS) is 13.1. The molecular weight excluding hydrogens is 360 g/mol. The van der Waals surface area contributed by atoms with Crippen LogP contribution in [0.2, 0.25) is 0 Å². The van der Waals surface area contributed by atoms with Crippen LogP contribution in [0.1, 0.15) is 60.8 Å². The van der Waals surface area contributed by atoms with Crippen LogP contribution in [0.5, 0.6) is 0 Å². The monoisotopic (exact) mass is 379 g/mol. The topological polar surface area (TPSA) is 107 Å². The molecule has 2 aromatic rings. The lowest BCUT2D eigenvalue weighted by Crippen LogP contribution is -2.33. The third-order valence-electron chi connectivity index (χ3n) is 4.51. The summed E-state index contributed by atoms with van der Waals surface area (Å²) in [4.78, 5) is 50.1. The first-order chi connectivity index (χ1) is 13.2. The second-order valence-electron chi connectivity index (χ2n) is 7.11. The number of imide groups is 1. The van der Waals surface area contributed by atoms with E-state index in [1.807, 2.05) is 13.8 Å². The Balaban J connectivity index is 1.91. The number of hydrogen-bond acceptors (Lipinski definition) is 5. The zero-order valence-electron chi connectivity index (χ0n) is 15.7. The highest BCUT2D eigenvalue weighted by atomic mass is 16.4. The first-order valence-electron chi connectivity index (χ1n) is 8.83. The Morgan fingerprint density at radius 1 is 1.07 bits per heavy atom. The van der Waals surface area contributed by atoms with Crippen molar-refractivity contribution in [1.29, 1.82) is 0 Å². The molecule has 7 nitrogen and oxygen atoms in total. The number of carbonyl (C=O) groups excluding carboxylic acids is 4. The summed E-state index contributed by atoms with van der Waals surface area (Å²) in [5.74, 6) is -2.68. The molecule has 2 aromatic carbocycles. The lowest BCUT2D eigenvalue weighted by atomic mass is 10.0. The molecule has 28 heavy (non-hydrogen) atoms. The summed E-state index contributed by atoms with van der Waals surface area (Å²) in [5, 5.41) is 13.9. The molecule has 0 radical (unpaired) electrons. The van der Waals surface area contributed by atoms with Crippen LogP contribution < -0.4 is 10.4 Å². The number of fused-ring (bicyclic) bond motifs is 1. The number of anilines is 1. The first-order valence-corrected chi connectivity index (χ1v) is 8.83. The van der Waals surface area contributed by atoms with E-state index in [-0.39, 0.29) is 39.8 Å². The fraction of sp³-hybridized carbons (Fsp3) is 0.238. The molecule has 1 heterocycles. The Hall–Kier alpha value is -3.48. The average molecular weight is 379 g/mol. The smallest absolute Gasteiger partial charge is 0.261 e. The first kappa shape index (κ1) is 19.3. The summed E-state index contributed by atoms with van der Waals surface area (Å²) in [6.07, 6.45) is 0. The molecule has 144 valence electrons. The highest BCUT2D eigenvalue weighted by Crippen LogP contribution is 2.26. The highest BCUT2D eigenvalue weighted by molar-refractivity contribution is 6.22. The molecule has 0 fully saturated rings. The number of nitrogens with zero attached hydrogens (tertiary/aromatic N) is 1. The molecule has 0 saturated carbocycles. The maximum atomic E-state index is 12.7. The van der Waals surface area contributed by atoms with Crippen molar-refractivity contribution in [2.24, 2.45) is 5.92 Å². The van der Waals surface area contributed by atoms with E-state index in [9.17, 15) is 24.3 Å². The predicted molar refractivity (Wildman–Crippen MR) is 100 cm³/mol. The summed E-state index contributed by atoms with van der Waals surface area (Å²) >= 11 is 0. The Bertz CT molecular complexity index is 1010. The van der Waals surface area contributed by atoms with E-state index in [0.29, 0.717) is 12.1 Å². The van der Waals surface area contributed by atoms with Gasteiger partial charge in [0.1, 0.15) is 0 Å². The molecule has 0 aliphatic carbocycles. The van der Waals surface area contributed by atoms with E-state index in [0.717, 1.165) is 0 Å². The molecular formula is C21H19N2O5-. The lowest BCUT2D eigenvalue weighted by Gasteiger charge is -2.15. The highest BCUT2D eigenvalue weighted by Gasteiger charge is 2.36. The Morgan fingerprint density at radius 3 is 2.39 bits per heavy atom. The van der Waals surface area contributed by atoms with E-state index in [1.165, 1.54) is 29.2 Å². The molecule has 7 heteroatoms. The second kappa shape index (κ2) is 7.26.